The Balaban J connectivity index is 1.69. The van der Waals surface area contributed by atoms with Gasteiger partial charge in [0.15, 0.2) is 0 Å². The highest BCUT2D eigenvalue weighted by Gasteiger charge is 2.32. The standard InChI is InChI=1S/C14H13N5O/c1-2-6-11(7-3-1)19-14(15-17-18-19)12-9-10-5-4-8-13(10)20-16-12/h1-4,6-8,10,13H,5,9H2. The quantitative estimate of drug-likeness (QED) is 0.777. The molecule has 0 amide bonds. The van der Waals surface area contributed by atoms with Crippen molar-refractivity contribution >= 4 is 5.71 Å². The first-order valence-electron chi connectivity index (χ1n) is 6.65. The molecule has 4 rings (SSSR count). The van der Waals surface area contributed by atoms with Gasteiger partial charge in [0.1, 0.15) is 11.8 Å². The SMILES string of the molecule is C1=CC2ON=C(c3nnnn3-c3ccccc3)CC2C1. The van der Waals surface area contributed by atoms with Gasteiger partial charge in [-0.2, -0.15) is 4.68 Å². The van der Waals surface area contributed by atoms with Gasteiger partial charge in [0.25, 0.3) is 0 Å². The fourth-order valence-corrected chi connectivity index (χ4v) is 2.65. The molecule has 100 valence electrons. The molecule has 0 saturated heterocycles. The van der Waals surface area contributed by atoms with Crippen LogP contribution in [0.4, 0.5) is 0 Å². The van der Waals surface area contributed by atoms with Crippen LogP contribution in [-0.2, 0) is 4.84 Å². The van der Waals surface area contributed by atoms with Crippen LogP contribution in [-0.4, -0.2) is 32.0 Å². The highest BCUT2D eigenvalue weighted by Crippen LogP contribution is 2.30. The Morgan fingerprint density at radius 2 is 2.10 bits per heavy atom. The van der Waals surface area contributed by atoms with E-state index in [1.807, 2.05) is 30.3 Å². The number of aromatic nitrogens is 4. The van der Waals surface area contributed by atoms with E-state index in [0.717, 1.165) is 24.2 Å². The number of para-hydroxylation sites is 1. The van der Waals surface area contributed by atoms with Gasteiger partial charge in [-0.15, -0.1) is 5.10 Å². The fraction of sp³-hybridized carbons (Fsp3) is 0.286. The van der Waals surface area contributed by atoms with Gasteiger partial charge in [-0.1, -0.05) is 29.4 Å². The summed E-state index contributed by atoms with van der Waals surface area (Å²) in [4.78, 5) is 5.52. The van der Waals surface area contributed by atoms with Crippen molar-refractivity contribution in [3.63, 3.8) is 0 Å². The Kier molecular flexibility index (Phi) is 2.58. The van der Waals surface area contributed by atoms with E-state index in [0.29, 0.717) is 11.7 Å². The number of allylic oxidation sites excluding steroid dienone is 1. The number of hydrogen-bond donors (Lipinski definition) is 0. The molecule has 0 bridgehead atoms. The molecule has 1 aliphatic carbocycles. The molecule has 0 N–H and O–H groups in total. The van der Waals surface area contributed by atoms with E-state index in [1.54, 1.807) is 4.68 Å². The van der Waals surface area contributed by atoms with Crippen LogP contribution < -0.4 is 0 Å². The average Bonchev–Trinajstić information content (AvgIpc) is 3.16. The van der Waals surface area contributed by atoms with Crippen LogP contribution in [0.1, 0.15) is 18.7 Å². The third-order valence-electron chi connectivity index (χ3n) is 3.70. The topological polar surface area (TPSA) is 65.2 Å². The van der Waals surface area contributed by atoms with Crippen molar-refractivity contribution in [3.8, 4) is 5.69 Å². The minimum Gasteiger partial charge on any atom is -0.388 e. The van der Waals surface area contributed by atoms with E-state index in [1.165, 1.54) is 0 Å². The number of oxime groups is 1. The number of benzene rings is 1. The first-order valence-corrected chi connectivity index (χ1v) is 6.65. The Morgan fingerprint density at radius 3 is 3.00 bits per heavy atom. The predicted octanol–water partition coefficient (Wildman–Crippen LogP) is 1.73. The first kappa shape index (κ1) is 11.3. The van der Waals surface area contributed by atoms with Gasteiger partial charge in [0.05, 0.1) is 5.69 Å². The van der Waals surface area contributed by atoms with Crippen LogP contribution in [0.5, 0.6) is 0 Å². The molecule has 1 aromatic heterocycles. The van der Waals surface area contributed by atoms with Crippen LogP contribution in [0.3, 0.4) is 0 Å². The molecule has 2 heterocycles. The number of fused-ring (bicyclic) bond motifs is 1. The molecular weight excluding hydrogens is 254 g/mol. The molecule has 2 aliphatic rings. The zero-order chi connectivity index (χ0) is 13.4. The maximum Gasteiger partial charge on any atom is 0.204 e. The minimum absolute atomic E-state index is 0.111. The molecule has 6 heteroatoms. The van der Waals surface area contributed by atoms with Crippen LogP contribution in [0.25, 0.3) is 5.69 Å². The largest absolute Gasteiger partial charge is 0.388 e. The van der Waals surface area contributed by atoms with Crippen LogP contribution in [0.15, 0.2) is 47.6 Å². The molecule has 2 unspecified atom stereocenters. The van der Waals surface area contributed by atoms with Crippen molar-refractivity contribution in [2.24, 2.45) is 11.1 Å². The summed E-state index contributed by atoms with van der Waals surface area (Å²) >= 11 is 0. The number of hydrogen-bond acceptors (Lipinski definition) is 5. The third-order valence-corrected chi connectivity index (χ3v) is 3.70. The molecule has 2 aromatic rings. The van der Waals surface area contributed by atoms with Crippen molar-refractivity contribution in [2.75, 3.05) is 0 Å². The van der Waals surface area contributed by atoms with Crippen LogP contribution in [0.2, 0.25) is 0 Å². The van der Waals surface area contributed by atoms with Crippen LogP contribution >= 0.6 is 0 Å². The lowest BCUT2D eigenvalue weighted by atomic mass is 9.96. The van der Waals surface area contributed by atoms with E-state index in [9.17, 15) is 0 Å². The summed E-state index contributed by atoms with van der Waals surface area (Å²) in [6.45, 7) is 0. The smallest absolute Gasteiger partial charge is 0.204 e. The maximum atomic E-state index is 5.52. The van der Waals surface area contributed by atoms with Gasteiger partial charge in [0, 0.05) is 12.3 Å². The zero-order valence-corrected chi connectivity index (χ0v) is 10.8. The van der Waals surface area contributed by atoms with Crippen molar-refractivity contribution in [1.29, 1.82) is 0 Å². The van der Waals surface area contributed by atoms with Gasteiger partial charge in [-0.05, 0) is 35.1 Å². The Morgan fingerprint density at radius 1 is 1.20 bits per heavy atom. The zero-order valence-electron chi connectivity index (χ0n) is 10.8. The van der Waals surface area contributed by atoms with Gasteiger partial charge in [0.2, 0.25) is 5.82 Å². The lowest BCUT2D eigenvalue weighted by Gasteiger charge is -2.23. The Labute approximate surface area is 115 Å². The summed E-state index contributed by atoms with van der Waals surface area (Å²) in [7, 11) is 0. The molecule has 0 spiro atoms. The normalized spacial score (nSPS) is 24.1. The highest BCUT2D eigenvalue weighted by atomic mass is 16.6. The van der Waals surface area contributed by atoms with E-state index in [-0.39, 0.29) is 6.10 Å². The summed E-state index contributed by atoms with van der Waals surface area (Å²) in [5.74, 6) is 1.10. The third kappa shape index (κ3) is 1.80. The molecule has 0 fully saturated rings. The number of tetrazole rings is 1. The van der Waals surface area contributed by atoms with Gasteiger partial charge in [-0.25, -0.2) is 0 Å². The summed E-state index contributed by atoms with van der Waals surface area (Å²) < 4.78 is 1.70. The van der Waals surface area contributed by atoms with Gasteiger partial charge in [-0.3, -0.25) is 0 Å². The second-order valence-electron chi connectivity index (χ2n) is 4.99. The van der Waals surface area contributed by atoms with E-state index < -0.39 is 0 Å². The Bertz CT molecular complexity index is 676. The summed E-state index contributed by atoms with van der Waals surface area (Å²) in [6, 6.07) is 9.80. The average molecular weight is 267 g/mol. The van der Waals surface area contributed by atoms with Crippen molar-refractivity contribution in [2.45, 2.75) is 18.9 Å². The lowest BCUT2D eigenvalue weighted by Crippen LogP contribution is -2.27. The van der Waals surface area contributed by atoms with Crippen molar-refractivity contribution in [3.05, 3.63) is 48.3 Å². The monoisotopic (exact) mass is 267 g/mol. The fourth-order valence-electron chi connectivity index (χ4n) is 2.65. The second kappa shape index (κ2) is 4.56. The van der Waals surface area contributed by atoms with Crippen LogP contribution in [0, 0.1) is 5.92 Å². The first-order chi connectivity index (χ1) is 9.92. The van der Waals surface area contributed by atoms with Crippen molar-refractivity contribution < 1.29 is 4.84 Å². The number of rotatable bonds is 2. The highest BCUT2D eigenvalue weighted by molar-refractivity contribution is 5.98. The van der Waals surface area contributed by atoms with Gasteiger partial charge < -0.3 is 4.84 Å². The summed E-state index contributed by atoms with van der Waals surface area (Å²) in [5.41, 5.74) is 1.73. The molecular formula is C14H13N5O. The molecule has 6 nitrogen and oxygen atoms in total. The van der Waals surface area contributed by atoms with E-state index in [4.69, 9.17) is 4.84 Å². The maximum absolute atomic E-state index is 5.52. The molecule has 1 aliphatic heterocycles. The lowest BCUT2D eigenvalue weighted by molar-refractivity contribution is 0.0463. The second-order valence-corrected chi connectivity index (χ2v) is 4.99. The van der Waals surface area contributed by atoms with Crippen molar-refractivity contribution in [1.82, 2.24) is 20.2 Å². The number of nitrogens with zero attached hydrogens (tertiary/aromatic N) is 5. The minimum atomic E-state index is 0.111. The van der Waals surface area contributed by atoms with E-state index in [2.05, 4.69) is 32.8 Å². The molecule has 1 aromatic carbocycles. The molecule has 2 atom stereocenters. The summed E-state index contributed by atoms with van der Waals surface area (Å²) in [6.07, 6.45) is 6.19. The summed E-state index contributed by atoms with van der Waals surface area (Å²) in [5, 5.41) is 16.1. The molecule has 0 radical (unpaired) electrons. The van der Waals surface area contributed by atoms with Gasteiger partial charge >= 0.3 is 0 Å². The van der Waals surface area contributed by atoms with E-state index >= 15 is 0 Å². The molecule has 0 saturated carbocycles. The molecule has 20 heavy (non-hydrogen) atoms. The Hall–Kier alpha value is -2.50. The predicted molar refractivity (Wildman–Crippen MR) is 72.4 cm³/mol.